The molecule has 0 saturated carbocycles. The highest BCUT2D eigenvalue weighted by molar-refractivity contribution is 5.67. The van der Waals surface area contributed by atoms with E-state index < -0.39 is 12.0 Å². The van der Waals surface area contributed by atoms with Gasteiger partial charge in [0.2, 0.25) is 0 Å². The Kier molecular flexibility index (Phi) is 3.87. The molecule has 0 aliphatic carbocycles. The predicted molar refractivity (Wildman–Crippen MR) is 71.4 cm³/mol. The first-order valence-electron chi connectivity index (χ1n) is 5.93. The van der Waals surface area contributed by atoms with E-state index in [9.17, 15) is 4.79 Å². The Morgan fingerprint density at radius 2 is 1.95 bits per heavy atom. The molecule has 0 fully saturated rings. The van der Waals surface area contributed by atoms with Crippen LogP contribution in [0.5, 0.6) is 0 Å². The van der Waals surface area contributed by atoms with Crippen molar-refractivity contribution in [2.45, 2.75) is 19.4 Å². The topological polar surface area (TPSA) is 89.1 Å². The van der Waals surface area contributed by atoms with Crippen LogP contribution in [0.2, 0.25) is 0 Å². The van der Waals surface area contributed by atoms with Crippen LogP contribution in [-0.4, -0.2) is 21.0 Å². The molecule has 3 N–H and O–H groups in total. The minimum atomic E-state index is -0.935. The molecule has 1 atom stereocenters. The maximum Gasteiger partial charge on any atom is 0.305 e. The molecular formula is C14H15N3O2. The molecular weight excluding hydrogens is 242 g/mol. The Morgan fingerprint density at radius 1 is 1.32 bits per heavy atom. The second kappa shape index (κ2) is 5.58. The van der Waals surface area contributed by atoms with Crippen LogP contribution in [-0.2, 0) is 4.79 Å². The van der Waals surface area contributed by atoms with E-state index in [0.717, 1.165) is 11.1 Å². The van der Waals surface area contributed by atoms with Gasteiger partial charge in [-0.05, 0) is 12.5 Å². The van der Waals surface area contributed by atoms with Crippen LogP contribution in [0.25, 0.3) is 11.4 Å². The number of hydrogen-bond acceptors (Lipinski definition) is 4. The third kappa shape index (κ3) is 3.14. The molecule has 0 aliphatic heterocycles. The molecule has 1 aromatic carbocycles. The number of aliphatic carboxylic acids is 1. The summed E-state index contributed by atoms with van der Waals surface area (Å²) in [6, 6.07) is 7.24. The van der Waals surface area contributed by atoms with E-state index in [1.807, 2.05) is 31.2 Å². The number of carbonyl (C=O) groups is 1. The Morgan fingerprint density at radius 3 is 2.53 bits per heavy atom. The SMILES string of the molecule is Cc1ccccc1-c1ncc(C(N)CC(=O)O)cn1. The van der Waals surface area contributed by atoms with Crippen molar-refractivity contribution >= 4 is 5.97 Å². The molecule has 98 valence electrons. The van der Waals surface area contributed by atoms with Crippen molar-refractivity contribution in [3.8, 4) is 11.4 Å². The van der Waals surface area contributed by atoms with Crippen LogP contribution >= 0.6 is 0 Å². The Labute approximate surface area is 111 Å². The van der Waals surface area contributed by atoms with Gasteiger partial charge in [0, 0.05) is 29.6 Å². The fraction of sp³-hybridized carbons (Fsp3) is 0.214. The van der Waals surface area contributed by atoms with E-state index in [0.29, 0.717) is 11.4 Å². The molecule has 0 spiro atoms. The van der Waals surface area contributed by atoms with Gasteiger partial charge in [0.05, 0.1) is 6.42 Å². The standard InChI is InChI=1S/C14H15N3O2/c1-9-4-2-3-5-11(9)14-16-7-10(8-17-14)12(15)6-13(18)19/h2-5,7-8,12H,6,15H2,1H3,(H,18,19). The summed E-state index contributed by atoms with van der Waals surface area (Å²) in [5.74, 6) is -0.320. The summed E-state index contributed by atoms with van der Waals surface area (Å²) in [6.07, 6.45) is 3.04. The van der Waals surface area contributed by atoms with Crippen LogP contribution in [0.1, 0.15) is 23.6 Å². The van der Waals surface area contributed by atoms with E-state index in [1.54, 1.807) is 12.4 Å². The summed E-state index contributed by atoms with van der Waals surface area (Å²) in [6.45, 7) is 1.99. The number of carboxylic acids is 1. The first kappa shape index (κ1) is 13.2. The Bertz CT molecular complexity index is 581. The lowest BCUT2D eigenvalue weighted by Crippen LogP contribution is -2.15. The van der Waals surface area contributed by atoms with Crippen LogP contribution in [0.15, 0.2) is 36.7 Å². The zero-order valence-electron chi connectivity index (χ0n) is 10.6. The Hall–Kier alpha value is -2.27. The maximum absolute atomic E-state index is 10.6. The quantitative estimate of drug-likeness (QED) is 0.873. The zero-order chi connectivity index (χ0) is 13.8. The van der Waals surface area contributed by atoms with Crippen LogP contribution in [0.4, 0.5) is 0 Å². The molecule has 1 unspecified atom stereocenters. The van der Waals surface area contributed by atoms with Crippen LogP contribution < -0.4 is 5.73 Å². The number of nitrogens with two attached hydrogens (primary N) is 1. The van der Waals surface area contributed by atoms with Gasteiger partial charge in [-0.1, -0.05) is 24.3 Å². The van der Waals surface area contributed by atoms with Gasteiger partial charge in [0.1, 0.15) is 0 Å². The molecule has 0 radical (unpaired) electrons. The number of carboxylic acid groups (broad SMARTS) is 1. The van der Waals surface area contributed by atoms with Gasteiger partial charge >= 0.3 is 5.97 Å². The minimum absolute atomic E-state index is 0.132. The van der Waals surface area contributed by atoms with Crippen molar-refractivity contribution in [3.63, 3.8) is 0 Å². The molecule has 2 aromatic rings. The smallest absolute Gasteiger partial charge is 0.305 e. The molecule has 5 heteroatoms. The lowest BCUT2D eigenvalue weighted by molar-refractivity contribution is -0.137. The number of rotatable bonds is 4. The summed E-state index contributed by atoms with van der Waals surface area (Å²) < 4.78 is 0. The third-order valence-electron chi connectivity index (χ3n) is 2.88. The third-order valence-corrected chi connectivity index (χ3v) is 2.88. The minimum Gasteiger partial charge on any atom is -0.481 e. The van der Waals surface area contributed by atoms with Crippen molar-refractivity contribution in [2.75, 3.05) is 0 Å². The van der Waals surface area contributed by atoms with Crippen molar-refractivity contribution in [1.29, 1.82) is 0 Å². The van der Waals surface area contributed by atoms with Crippen molar-refractivity contribution in [2.24, 2.45) is 5.73 Å². The van der Waals surface area contributed by atoms with Gasteiger partial charge in [-0.3, -0.25) is 4.79 Å². The maximum atomic E-state index is 10.6. The monoisotopic (exact) mass is 257 g/mol. The molecule has 0 aliphatic rings. The average Bonchev–Trinajstić information content (AvgIpc) is 2.39. The van der Waals surface area contributed by atoms with E-state index in [4.69, 9.17) is 10.8 Å². The highest BCUT2D eigenvalue weighted by atomic mass is 16.4. The molecule has 2 rings (SSSR count). The van der Waals surface area contributed by atoms with Gasteiger partial charge in [-0.15, -0.1) is 0 Å². The Balaban J connectivity index is 2.24. The van der Waals surface area contributed by atoms with Gasteiger partial charge in [-0.25, -0.2) is 9.97 Å². The fourth-order valence-corrected chi connectivity index (χ4v) is 1.80. The summed E-state index contributed by atoms with van der Waals surface area (Å²) in [7, 11) is 0. The second-order valence-corrected chi connectivity index (χ2v) is 4.36. The second-order valence-electron chi connectivity index (χ2n) is 4.36. The number of nitrogens with zero attached hydrogens (tertiary/aromatic N) is 2. The number of aromatic nitrogens is 2. The normalized spacial score (nSPS) is 12.1. The average molecular weight is 257 g/mol. The molecule has 19 heavy (non-hydrogen) atoms. The van der Waals surface area contributed by atoms with Gasteiger partial charge in [-0.2, -0.15) is 0 Å². The lowest BCUT2D eigenvalue weighted by atomic mass is 10.1. The van der Waals surface area contributed by atoms with E-state index >= 15 is 0 Å². The molecule has 1 aromatic heterocycles. The largest absolute Gasteiger partial charge is 0.481 e. The number of benzene rings is 1. The highest BCUT2D eigenvalue weighted by Gasteiger charge is 2.12. The number of hydrogen-bond donors (Lipinski definition) is 2. The molecule has 5 nitrogen and oxygen atoms in total. The van der Waals surface area contributed by atoms with Crippen molar-refractivity contribution in [1.82, 2.24) is 9.97 Å². The van der Waals surface area contributed by atoms with Crippen molar-refractivity contribution < 1.29 is 9.90 Å². The molecule has 0 saturated heterocycles. The first-order chi connectivity index (χ1) is 9.08. The molecule has 1 heterocycles. The summed E-state index contributed by atoms with van der Waals surface area (Å²) in [4.78, 5) is 19.1. The van der Waals surface area contributed by atoms with Crippen LogP contribution in [0, 0.1) is 6.92 Å². The predicted octanol–water partition coefficient (Wildman–Crippen LogP) is 1.93. The number of aryl methyl sites for hydroxylation is 1. The molecule has 0 amide bonds. The van der Waals surface area contributed by atoms with Gasteiger partial charge in [0.15, 0.2) is 5.82 Å². The van der Waals surface area contributed by atoms with Gasteiger partial charge in [0.25, 0.3) is 0 Å². The summed E-state index contributed by atoms with van der Waals surface area (Å²) in [5.41, 5.74) is 8.43. The highest BCUT2D eigenvalue weighted by Crippen LogP contribution is 2.20. The fourth-order valence-electron chi connectivity index (χ4n) is 1.80. The molecule has 0 bridgehead atoms. The van der Waals surface area contributed by atoms with Gasteiger partial charge < -0.3 is 10.8 Å². The first-order valence-corrected chi connectivity index (χ1v) is 5.93. The van der Waals surface area contributed by atoms with E-state index in [1.165, 1.54) is 0 Å². The lowest BCUT2D eigenvalue weighted by Gasteiger charge is -2.09. The summed E-state index contributed by atoms with van der Waals surface area (Å²) in [5, 5.41) is 8.69. The van der Waals surface area contributed by atoms with E-state index in [-0.39, 0.29) is 6.42 Å². The zero-order valence-corrected chi connectivity index (χ0v) is 10.6. The van der Waals surface area contributed by atoms with Crippen molar-refractivity contribution in [3.05, 3.63) is 47.8 Å². The van der Waals surface area contributed by atoms with E-state index in [2.05, 4.69) is 9.97 Å². The van der Waals surface area contributed by atoms with Crippen LogP contribution in [0.3, 0.4) is 0 Å². The summed E-state index contributed by atoms with van der Waals surface area (Å²) >= 11 is 0.